The second kappa shape index (κ2) is 12.5. The van der Waals surface area contributed by atoms with E-state index in [2.05, 4.69) is 38.1 Å². The molecule has 104 valence electrons. The van der Waals surface area contributed by atoms with Crippen LogP contribution in [0.15, 0.2) is 24.3 Å². The molecule has 0 heterocycles. The van der Waals surface area contributed by atoms with Crippen molar-refractivity contribution in [3.63, 3.8) is 0 Å². The zero-order valence-corrected chi connectivity index (χ0v) is 13.3. The molecule has 0 unspecified atom stereocenters. The number of aryl methyl sites for hydroxylation is 1. The van der Waals surface area contributed by atoms with Gasteiger partial charge < -0.3 is 4.74 Å². The minimum atomic E-state index is -0.190. The van der Waals surface area contributed by atoms with Gasteiger partial charge in [0.2, 0.25) is 0 Å². The molecule has 2 nitrogen and oxygen atoms in total. The van der Waals surface area contributed by atoms with Crippen LogP contribution in [0, 0.1) is 12.8 Å². The summed E-state index contributed by atoms with van der Waals surface area (Å²) in [5, 5.41) is 0. The van der Waals surface area contributed by atoms with Gasteiger partial charge in [0, 0.05) is 0 Å². The third-order valence-corrected chi connectivity index (χ3v) is 1.82. The molecule has 0 aliphatic heterocycles. The smallest absolute Gasteiger partial charge is 0.309 e. The number of hydrogen-bond donors (Lipinski definition) is 1. The molecule has 3 heteroatoms. The van der Waals surface area contributed by atoms with E-state index in [0.717, 1.165) is 17.0 Å². The van der Waals surface area contributed by atoms with Gasteiger partial charge in [0.15, 0.2) is 0 Å². The Morgan fingerprint density at radius 3 is 2.06 bits per heavy atom. The van der Waals surface area contributed by atoms with E-state index in [0.29, 0.717) is 6.42 Å². The summed E-state index contributed by atoms with van der Waals surface area (Å²) in [6, 6.07) is 7.80. The fourth-order valence-electron chi connectivity index (χ4n) is 1.04. The van der Waals surface area contributed by atoms with Crippen LogP contribution in [0.1, 0.15) is 31.9 Å². The molecule has 18 heavy (non-hydrogen) atoms. The quantitative estimate of drug-likeness (QED) is 0.651. The third-order valence-electron chi connectivity index (χ3n) is 1.82. The first-order chi connectivity index (χ1) is 8.47. The van der Waals surface area contributed by atoms with Gasteiger partial charge in [-0.2, -0.15) is 12.6 Å². The lowest BCUT2D eigenvalue weighted by atomic mass is 10.1. The molecule has 0 radical (unpaired) electrons. The average Bonchev–Trinajstić information content (AvgIpc) is 2.34. The van der Waals surface area contributed by atoms with E-state index in [-0.39, 0.29) is 5.97 Å². The number of methoxy groups -OCH3 is 1. The van der Waals surface area contributed by atoms with Crippen LogP contribution in [-0.4, -0.2) is 19.3 Å². The lowest BCUT2D eigenvalue weighted by molar-refractivity contribution is -0.139. The van der Waals surface area contributed by atoms with E-state index >= 15 is 0 Å². The Balaban J connectivity index is 0. The summed E-state index contributed by atoms with van der Waals surface area (Å²) in [6.07, 6.45) is 2.06. The third kappa shape index (κ3) is 11.5. The molecule has 0 N–H and O–H groups in total. The number of hydrogen-bond acceptors (Lipinski definition) is 3. The molecule has 0 saturated carbocycles. The van der Waals surface area contributed by atoms with Crippen LogP contribution in [0.2, 0.25) is 0 Å². The van der Waals surface area contributed by atoms with Crippen molar-refractivity contribution < 1.29 is 9.53 Å². The minimum absolute atomic E-state index is 0.190. The maximum Gasteiger partial charge on any atom is 0.309 e. The van der Waals surface area contributed by atoms with Crippen molar-refractivity contribution >= 4 is 18.6 Å². The largest absolute Gasteiger partial charge is 0.469 e. The normalized spacial score (nSPS) is 8.67. The molecule has 0 aromatic heterocycles. The van der Waals surface area contributed by atoms with Crippen LogP contribution in [0.3, 0.4) is 0 Å². The number of esters is 1. The van der Waals surface area contributed by atoms with Gasteiger partial charge in [0.25, 0.3) is 0 Å². The molecule has 1 aromatic carbocycles. The lowest BCUT2D eigenvalue weighted by Crippen LogP contribution is -2.05. The fourth-order valence-corrected chi connectivity index (χ4v) is 1.04. The second-order valence-electron chi connectivity index (χ2n) is 4.41. The molecule has 1 rings (SSSR count). The van der Waals surface area contributed by atoms with Crippen LogP contribution < -0.4 is 0 Å². The molecular weight excluding hydrogens is 244 g/mol. The van der Waals surface area contributed by atoms with Crippen molar-refractivity contribution in [3.8, 4) is 0 Å². The van der Waals surface area contributed by atoms with E-state index in [1.807, 2.05) is 31.2 Å². The van der Waals surface area contributed by atoms with Gasteiger partial charge in [-0.25, -0.2) is 0 Å². The summed E-state index contributed by atoms with van der Waals surface area (Å²) in [5.74, 6) is 0.643. The summed E-state index contributed by atoms with van der Waals surface area (Å²) in [5.41, 5.74) is 2.16. The van der Waals surface area contributed by atoms with Crippen molar-refractivity contribution in [1.29, 1.82) is 0 Å². The Morgan fingerprint density at radius 2 is 1.67 bits per heavy atom. The molecular formula is C15H26O2S. The monoisotopic (exact) mass is 270 g/mol. The minimum Gasteiger partial charge on any atom is -0.469 e. The van der Waals surface area contributed by atoms with Gasteiger partial charge in [-0.05, 0) is 30.2 Å². The van der Waals surface area contributed by atoms with Gasteiger partial charge in [-0.1, -0.05) is 45.0 Å². The molecule has 0 atom stereocenters. The highest BCUT2D eigenvalue weighted by atomic mass is 32.1. The molecule has 0 bridgehead atoms. The average molecular weight is 270 g/mol. The predicted octanol–water partition coefficient (Wildman–Crippen LogP) is 3.92. The predicted molar refractivity (Wildman–Crippen MR) is 82.3 cm³/mol. The zero-order valence-electron chi connectivity index (χ0n) is 12.4. The van der Waals surface area contributed by atoms with Gasteiger partial charge in [-0.3, -0.25) is 4.79 Å². The number of ether oxygens (including phenoxy) is 1. The topological polar surface area (TPSA) is 26.3 Å². The van der Waals surface area contributed by atoms with Crippen LogP contribution in [-0.2, 0) is 16.0 Å². The highest BCUT2D eigenvalue weighted by molar-refractivity contribution is 7.79. The van der Waals surface area contributed by atoms with Crippen molar-refractivity contribution in [3.05, 3.63) is 35.4 Å². The standard InChI is InChI=1S/C10H12O2.C4H10.CH4S/c1-8-5-3-4-6-9(8)7-10(11)12-2;1-4(2)3;1-2/h3-6H,7H2,1-2H3;4H,1-3H3;2H,1H3. The maximum atomic E-state index is 10.9. The molecule has 1 aromatic rings. The molecule has 0 aliphatic rings. The molecule has 0 amide bonds. The Bertz CT molecular complexity index is 319. The summed E-state index contributed by atoms with van der Waals surface area (Å²) >= 11 is 3.53. The van der Waals surface area contributed by atoms with E-state index in [4.69, 9.17) is 0 Å². The lowest BCUT2D eigenvalue weighted by Gasteiger charge is -2.02. The van der Waals surface area contributed by atoms with Crippen LogP contribution in [0.25, 0.3) is 0 Å². The Hall–Kier alpha value is -0.960. The summed E-state index contributed by atoms with van der Waals surface area (Å²) in [7, 11) is 1.40. The van der Waals surface area contributed by atoms with Gasteiger partial charge in [-0.15, -0.1) is 0 Å². The summed E-state index contributed by atoms with van der Waals surface area (Å²) < 4.78 is 4.57. The van der Waals surface area contributed by atoms with E-state index < -0.39 is 0 Å². The fraction of sp³-hybridized carbons (Fsp3) is 0.533. The number of thiol groups is 1. The number of rotatable bonds is 2. The Kier molecular flexibility index (Phi) is 13.5. The number of carbonyl (C=O) groups is 1. The number of benzene rings is 1. The molecule has 0 fully saturated rings. The van der Waals surface area contributed by atoms with Gasteiger partial charge in [0.05, 0.1) is 13.5 Å². The van der Waals surface area contributed by atoms with E-state index in [1.165, 1.54) is 7.11 Å². The van der Waals surface area contributed by atoms with Gasteiger partial charge >= 0.3 is 5.97 Å². The van der Waals surface area contributed by atoms with Gasteiger partial charge in [0.1, 0.15) is 0 Å². The van der Waals surface area contributed by atoms with Crippen LogP contribution in [0.4, 0.5) is 0 Å². The molecule has 0 aliphatic carbocycles. The first-order valence-electron chi connectivity index (χ1n) is 6.03. The Morgan fingerprint density at radius 1 is 1.22 bits per heavy atom. The summed E-state index contributed by atoms with van der Waals surface area (Å²) in [4.78, 5) is 10.9. The van der Waals surface area contributed by atoms with Crippen molar-refractivity contribution in [2.75, 3.05) is 13.4 Å². The van der Waals surface area contributed by atoms with Crippen molar-refractivity contribution in [1.82, 2.24) is 0 Å². The first-order valence-corrected chi connectivity index (χ1v) is 6.92. The highest BCUT2D eigenvalue weighted by Gasteiger charge is 2.03. The van der Waals surface area contributed by atoms with E-state index in [9.17, 15) is 4.79 Å². The van der Waals surface area contributed by atoms with Crippen LogP contribution >= 0.6 is 12.6 Å². The maximum absolute atomic E-state index is 10.9. The Labute approximate surface area is 117 Å². The SMILES string of the molecule is CC(C)C.COC(=O)Cc1ccccc1C.CS. The van der Waals surface area contributed by atoms with Crippen molar-refractivity contribution in [2.45, 2.75) is 34.1 Å². The zero-order chi connectivity index (χ0) is 14.6. The number of carbonyl (C=O) groups excluding carboxylic acids is 1. The van der Waals surface area contributed by atoms with E-state index in [1.54, 1.807) is 6.26 Å². The molecule has 0 saturated heterocycles. The highest BCUT2D eigenvalue weighted by Crippen LogP contribution is 2.07. The second-order valence-corrected chi connectivity index (χ2v) is 4.41. The van der Waals surface area contributed by atoms with Crippen molar-refractivity contribution in [2.24, 2.45) is 5.92 Å². The first kappa shape index (κ1) is 19.4. The summed E-state index contributed by atoms with van der Waals surface area (Å²) in [6.45, 7) is 8.48. The molecule has 0 spiro atoms. The van der Waals surface area contributed by atoms with Crippen LogP contribution in [0.5, 0.6) is 0 Å².